The molecule has 0 radical (unpaired) electrons. The van der Waals surface area contributed by atoms with E-state index in [0.29, 0.717) is 0 Å². The third-order valence-corrected chi connectivity index (χ3v) is 4.09. The SMILES string of the molecule is CC1(C)C=CC=c2c(sc3ccccc23)=C1. The molecule has 1 heterocycles. The molecule has 16 heavy (non-hydrogen) atoms. The topological polar surface area (TPSA) is 0 Å². The number of benzene rings is 1. The molecule has 0 amide bonds. The summed E-state index contributed by atoms with van der Waals surface area (Å²) in [6.07, 6.45) is 9.04. The minimum absolute atomic E-state index is 0.155. The van der Waals surface area contributed by atoms with E-state index in [4.69, 9.17) is 0 Å². The Hall–Kier alpha value is -1.34. The lowest BCUT2D eigenvalue weighted by molar-refractivity contribution is 0.672. The number of thiophene rings is 1. The second-order valence-corrected chi connectivity index (χ2v) is 5.95. The summed E-state index contributed by atoms with van der Waals surface area (Å²) in [7, 11) is 0. The van der Waals surface area contributed by atoms with E-state index < -0.39 is 0 Å². The number of fused-ring (bicyclic) bond motifs is 3. The molecule has 0 spiro atoms. The number of hydrogen-bond acceptors (Lipinski definition) is 1. The molecule has 0 saturated carbocycles. The van der Waals surface area contributed by atoms with Crippen LogP contribution in [0.5, 0.6) is 0 Å². The van der Waals surface area contributed by atoms with Gasteiger partial charge in [-0.15, -0.1) is 11.3 Å². The molecule has 80 valence electrons. The van der Waals surface area contributed by atoms with Gasteiger partial charge >= 0.3 is 0 Å². The zero-order chi connectivity index (χ0) is 11.2. The molecular weight excluding hydrogens is 212 g/mol. The molecular formula is C15H14S. The summed E-state index contributed by atoms with van der Waals surface area (Å²) in [4.78, 5) is 0. The van der Waals surface area contributed by atoms with Gasteiger partial charge in [-0.25, -0.2) is 0 Å². The van der Waals surface area contributed by atoms with Crippen LogP contribution in [0.15, 0.2) is 36.4 Å². The average molecular weight is 226 g/mol. The Balaban J connectivity index is 2.50. The molecule has 1 aromatic heterocycles. The van der Waals surface area contributed by atoms with Crippen LogP contribution in [0.4, 0.5) is 0 Å². The van der Waals surface area contributed by atoms with Crippen molar-refractivity contribution in [3.8, 4) is 0 Å². The standard InChI is InChI=1S/C15H14S/c1-15(2)9-5-7-12-11-6-3-4-8-13(11)16-14(12)10-15/h3-10H,1-2H3. The monoisotopic (exact) mass is 226 g/mol. The van der Waals surface area contributed by atoms with Crippen molar-refractivity contribution in [3.63, 3.8) is 0 Å². The van der Waals surface area contributed by atoms with Gasteiger partial charge in [-0.3, -0.25) is 0 Å². The molecule has 0 aliphatic heterocycles. The molecule has 0 N–H and O–H groups in total. The molecule has 0 nitrogen and oxygen atoms in total. The highest BCUT2D eigenvalue weighted by molar-refractivity contribution is 7.17. The van der Waals surface area contributed by atoms with E-state index in [2.05, 4.69) is 62.4 Å². The summed E-state index contributed by atoms with van der Waals surface area (Å²) in [5, 5.41) is 2.75. The first-order chi connectivity index (χ1) is 7.66. The van der Waals surface area contributed by atoms with Gasteiger partial charge in [0.25, 0.3) is 0 Å². The van der Waals surface area contributed by atoms with Crippen LogP contribution in [0.1, 0.15) is 13.8 Å². The van der Waals surface area contributed by atoms with Gasteiger partial charge in [0, 0.05) is 25.3 Å². The lowest BCUT2D eigenvalue weighted by Crippen LogP contribution is -2.20. The summed E-state index contributed by atoms with van der Waals surface area (Å²) >= 11 is 1.89. The number of rotatable bonds is 0. The Bertz CT molecular complexity index is 684. The first-order valence-corrected chi connectivity index (χ1v) is 6.37. The minimum Gasteiger partial charge on any atom is -0.135 e. The summed E-state index contributed by atoms with van der Waals surface area (Å²) in [5.74, 6) is 0. The first-order valence-electron chi connectivity index (χ1n) is 5.56. The van der Waals surface area contributed by atoms with Crippen LogP contribution >= 0.6 is 11.3 Å². The van der Waals surface area contributed by atoms with Crippen molar-refractivity contribution in [2.24, 2.45) is 5.41 Å². The smallest absolute Gasteiger partial charge is 0.0355 e. The quantitative estimate of drug-likeness (QED) is 0.647. The highest BCUT2D eigenvalue weighted by Crippen LogP contribution is 2.21. The van der Waals surface area contributed by atoms with Gasteiger partial charge in [0.15, 0.2) is 0 Å². The first kappa shape index (κ1) is 9.86. The number of hydrogen-bond donors (Lipinski definition) is 0. The van der Waals surface area contributed by atoms with E-state index in [0.717, 1.165) is 0 Å². The molecule has 1 aliphatic carbocycles. The Kier molecular flexibility index (Phi) is 2.05. The molecule has 3 rings (SSSR count). The average Bonchev–Trinajstić information content (AvgIpc) is 2.48. The molecule has 0 bridgehead atoms. The summed E-state index contributed by atoms with van der Waals surface area (Å²) in [6, 6.07) is 8.64. The predicted molar refractivity (Wildman–Crippen MR) is 72.9 cm³/mol. The molecule has 1 aliphatic rings. The third-order valence-electron chi connectivity index (χ3n) is 2.95. The lowest BCUT2D eigenvalue weighted by Gasteiger charge is -2.12. The van der Waals surface area contributed by atoms with E-state index in [1.54, 1.807) is 0 Å². The highest BCUT2D eigenvalue weighted by atomic mass is 32.1. The third kappa shape index (κ3) is 1.52. The van der Waals surface area contributed by atoms with Crippen molar-refractivity contribution in [1.29, 1.82) is 0 Å². The molecule has 0 fully saturated rings. The zero-order valence-corrected chi connectivity index (χ0v) is 10.3. The minimum atomic E-state index is 0.155. The van der Waals surface area contributed by atoms with Crippen molar-refractivity contribution in [2.45, 2.75) is 13.8 Å². The van der Waals surface area contributed by atoms with Gasteiger partial charge in [0.05, 0.1) is 0 Å². The maximum Gasteiger partial charge on any atom is 0.0355 e. The van der Waals surface area contributed by atoms with Crippen molar-refractivity contribution in [2.75, 3.05) is 0 Å². The predicted octanol–water partition coefficient (Wildman–Crippen LogP) is 3.06. The Morgan fingerprint density at radius 3 is 2.81 bits per heavy atom. The van der Waals surface area contributed by atoms with Crippen LogP contribution in [0.25, 0.3) is 22.2 Å². The normalized spacial score (nSPS) is 17.4. The molecule has 0 unspecified atom stereocenters. The summed E-state index contributed by atoms with van der Waals surface area (Å²) in [6.45, 7) is 4.49. The van der Waals surface area contributed by atoms with Crippen LogP contribution in [0.3, 0.4) is 0 Å². The lowest BCUT2D eigenvalue weighted by atomic mass is 9.93. The maximum absolute atomic E-state index is 2.37. The van der Waals surface area contributed by atoms with Crippen LogP contribution in [-0.2, 0) is 0 Å². The number of allylic oxidation sites excluding steroid dienone is 2. The Labute approximate surface area is 99.2 Å². The molecule has 2 aromatic rings. The summed E-state index contributed by atoms with van der Waals surface area (Å²) in [5.41, 5.74) is 0.155. The Morgan fingerprint density at radius 2 is 1.94 bits per heavy atom. The van der Waals surface area contributed by atoms with Gasteiger partial charge in [-0.05, 0) is 6.07 Å². The fourth-order valence-electron chi connectivity index (χ4n) is 2.14. The van der Waals surface area contributed by atoms with E-state index >= 15 is 0 Å². The Morgan fingerprint density at radius 1 is 1.12 bits per heavy atom. The maximum atomic E-state index is 2.37. The van der Waals surface area contributed by atoms with Gasteiger partial charge in [-0.1, -0.05) is 56.4 Å². The van der Waals surface area contributed by atoms with Crippen LogP contribution in [0.2, 0.25) is 0 Å². The fraction of sp³-hybridized carbons (Fsp3) is 0.200. The van der Waals surface area contributed by atoms with Crippen molar-refractivity contribution in [3.05, 3.63) is 46.2 Å². The largest absolute Gasteiger partial charge is 0.135 e. The summed E-state index contributed by atoms with van der Waals surface area (Å²) < 4.78 is 2.78. The van der Waals surface area contributed by atoms with Crippen LogP contribution in [0, 0.1) is 5.41 Å². The van der Waals surface area contributed by atoms with Gasteiger partial charge in [0.1, 0.15) is 0 Å². The van der Waals surface area contributed by atoms with Crippen molar-refractivity contribution >= 4 is 33.6 Å². The van der Waals surface area contributed by atoms with Gasteiger partial charge in [-0.2, -0.15) is 0 Å². The van der Waals surface area contributed by atoms with Crippen molar-refractivity contribution < 1.29 is 0 Å². The second-order valence-electron chi connectivity index (χ2n) is 4.87. The van der Waals surface area contributed by atoms with Crippen LogP contribution in [-0.4, -0.2) is 0 Å². The van der Waals surface area contributed by atoms with E-state index in [1.807, 2.05) is 11.3 Å². The van der Waals surface area contributed by atoms with E-state index in [9.17, 15) is 0 Å². The highest BCUT2D eigenvalue weighted by Gasteiger charge is 2.12. The second kappa shape index (κ2) is 3.33. The molecule has 1 heteroatoms. The van der Waals surface area contributed by atoms with Gasteiger partial charge < -0.3 is 0 Å². The molecule has 1 aromatic carbocycles. The van der Waals surface area contributed by atoms with Crippen molar-refractivity contribution in [1.82, 2.24) is 0 Å². The fourth-order valence-corrected chi connectivity index (χ4v) is 3.46. The van der Waals surface area contributed by atoms with Gasteiger partial charge in [0.2, 0.25) is 0 Å². The molecule has 0 atom stereocenters. The molecule has 0 saturated heterocycles. The van der Waals surface area contributed by atoms with E-state index in [-0.39, 0.29) is 5.41 Å². The van der Waals surface area contributed by atoms with Crippen LogP contribution < -0.4 is 9.75 Å². The zero-order valence-electron chi connectivity index (χ0n) is 9.53. The van der Waals surface area contributed by atoms with E-state index in [1.165, 1.54) is 19.8 Å².